The summed E-state index contributed by atoms with van der Waals surface area (Å²) in [5.41, 5.74) is -1.51. The third-order valence-electron chi connectivity index (χ3n) is 3.00. The summed E-state index contributed by atoms with van der Waals surface area (Å²) < 4.78 is 54.1. The first kappa shape index (κ1) is 20.0. The Kier molecular flexibility index (Phi) is 5.32. The van der Waals surface area contributed by atoms with E-state index in [2.05, 4.69) is 9.71 Å². The van der Waals surface area contributed by atoms with Gasteiger partial charge in [0.25, 0.3) is 10.0 Å². The van der Waals surface area contributed by atoms with Gasteiger partial charge < -0.3 is 0 Å². The van der Waals surface area contributed by atoms with E-state index >= 15 is 0 Å². The van der Waals surface area contributed by atoms with Gasteiger partial charge >= 0.3 is 0 Å². The lowest BCUT2D eigenvalue weighted by molar-refractivity contribution is 0.139. The Morgan fingerprint density at radius 1 is 1.00 bits per heavy atom. The van der Waals surface area contributed by atoms with E-state index in [1.807, 2.05) is 0 Å². The van der Waals surface area contributed by atoms with E-state index in [1.165, 1.54) is 29.7 Å². The third kappa shape index (κ3) is 4.09. The summed E-state index contributed by atoms with van der Waals surface area (Å²) in [6.45, 7) is 10.5. The Hall–Kier alpha value is -1.03. The zero-order valence-electron chi connectivity index (χ0n) is 14.6. The molecule has 9 heteroatoms. The maximum atomic E-state index is 13.2. The van der Waals surface area contributed by atoms with E-state index in [0.29, 0.717) is 0 Å². The summed E-state index contributed by atoms with van der Waals surface area (Å²) in [7, 11) is -6.87. The summed E-state index contributed by atoms with van der Waals surface area (Å²) in [6.07, 6.45) is 1.27. The summed E-state index contributed by atoms with van der Waals surface area (Å²) in [5.74, 6) is 0. The van der Waals surface area contributed by atoms with Crippen molar-refractivity contribution in [3.8, 4) is 0 Å². The Balaban J connectivity index is 3.76. The lowest BCUT2D eigenvalue weighted by Crippen LogP contribution is -2.55. The van der Waals surface area contributed by atoms with E-state index in [9.17, 15) is 16.8 Å². The van der Waals surface area contributed by atoms with Crippen molar-refractivity contribution >= 4 is 20.0 Å². The van der Waals surface area contributed by atoms with Crippen molar-refractivity contribution in [1.29, 1.82) is 0 Å². The molecule has 0 aliphatic rings. The lowest BCUT2D eigenvalue weighted by atomic mass is 10.0. The minimum atomic E-state index is -4.14. The van der Waals surface area contributed by atoms with E-state index in [4.69, 9.17) is 0 Å². The van der Waals surface area contributed by atoms with Gasteiger partial charge in [-0.25, -0.2) is 26.5 Å². The molecule has 0 fully saturated rings. The Bertz CT molecular complexity index is 759. The number of nitrogens with zero attached hydrogens (tertiary/aromatic N) is 2. The van der Waals surface area contributed by atoms with E-state index in [0.717, 1.165) is 0 Å². The Labute approximate surface area is 139 Å². The first-order chi connectivity index (χ1) is 10.2. The number of rotatable bonds is 4. The van der Waals surface area contributed by atoms with Crippen LogP contribution in [-0.2, 0) is 20.0 Å². The molecule has 0 saturated heterocycles. The minimum Gasteiger partial charge on any atom is -0.242 e. The highest BCUT2D eigenvalue weighted by Gasteiger charge is 2.44. The van der Waals surface area contributed by atoms with Gasteiger partial charge in [0.15, 0.2) is 5.03 Å². The SMILES string of the molecule is CNS(=O)(=O)c1cccnc1S(=O)(=O)N(C(C)(C)C)C(C)(C)C. The van der Waals surface area contributed by atoms with Crippen molar-refractivity contribution in [3.05, 3.63) is 18.3 Å². The molecule has 0 saturated carbocycles. The molecule has 1 heterocycles. The molecule has 0 unspecified atom stereocenters. The highest BCUT2D eigenvalue weighted by molar-refractivity contribution is 7.92. The predicted octanol–water partition coefficient (Wildman–Crippen LogP) is 1.58. The number of sulfonamides is 2. The molecule has 7 nitrogen and oxygen atoms in total. The van der Waals surface area contributed by atoms with Crippen LogP contribution < -0.4 is 4.72 Å². The van der Waals surface area contributed by atoms with Crippen LogP contribution in [0.2, 0.25) is 0 Å². The molecule has 1 rings (SSSR count). The van der Waals surface area contributed by atoms with Crippen LogP contribution in [0.1, 0.15) is 41.5 Å². The highest BCUT2D eigenvalue weighted by Crippen LogP contribution is 2.33. The normalized spacial score (nSPS) is 14.3. The highest BCUT2D eigenvalue weighted by atomic mass is 32.2. The average molecular weight is 364 g/mol. The van der Waals surface area contributed by atoms with Gasteiger partial charge in [0.1, 0.15) is 4.90 Å². The van der Waals surface area contributed by atoms with Gasteiger partial charge in [0, 0.05) is 17.3 Å². The van der Waals surface area contributed by atoms with Crippen LogP contribution in [0.15, 0.2) is 28.3 Å². The smallest absolute Gasteiger partial charge is 0.242 e. The van der Waals surface area contributed by atoms with Crippen LogP contribution in [0.25, 0.3) is 0 Å². The molecule has 0 radical (unpaired) electrons. The number of hydrogen-bond acceptors (Lipinski definition) is 5. The van der Waals surface area contributed by atoms with Crippen molar-refractivity contribution in [3.63, 3.8) is 0 Å². The molecule has 0 aromatic carbocycles. The Morgan fingerprint density at radius 3 is 1.87 bits per heavy atom. The third-order valence-corrected chi connectivity index (χ3v) is 6.96. The molecule has 0 amide bonds. The fourth-order valence-corrected chi connectivity index (χ4v) is 6.23. The molecular formula is C14H25N3O4S2. The number of pyridine rings is 1. The first-order valence-corrected chi connectivity index (χ1v) is 10.0. The molecule has 1 aromatic rings. The largest absolute Gasteiger partial charge is 0.262 e. The number of aromatic nitrogens is 1. The van der Waals surface area contributed by atoms with Crippen molar-refractivity contribution in [1.82, 2.24) is 14.0 Å². The topological polar surface area (TPSA) is 96.4 Å². The lowest BCUT2D eigenvalue weighted by Gasteiger charge is -2.43. The monoisotopic (exact) mass is 363 g/mol. The van der Waals surface area contributed by atoms with Crippen molar-refractivity contribution < 1.29 is 16.8 Å². The van der Waals surface area contributed by atoms with Crippen LogP contribution in [0.5, 0.6) is 0 Å². The van der Waals surface area contributed by atoms with Crippen LogP contribution in [-0.4, -0.2) is 44.3 Å². The van der Waals surface area contributed by atoms with Gasteiger partial charge in [0.2, 0.25) is 10.0 Å². The van der Waals surface area contributed by atoms with Crippen molar-refractivity contribution in [2.24, 2.45) is 0 Å². The molecule has 0 aliphatic carbocycles. The maximum absolute atomic E-state index is 13.2. The van der Waals surface area contributed by atoms with Gasteiger partial charge in [-0.3, -0.25) is 0 Å². The fraction of sp³-hybridized carbons (Fsp3) is 0.643. The van der Waals surface area contributed by atoms with Crippen molar-refractivity contribution in [2.75, 3.05) is 7.05 Å². The van der Waals surface area contributed by atoms with Gasteiger partial charge in [-0.1, -0.05) is 0 Å². The first-order valence-electron chi connectivity index (χ1n) is 7.10. The van der Waals surface area contributed by atoms with E-state index in [1.54, 1.807) is 41.5 Å². The summed E-state index contributed by atoms with van der Waals surface area (Å²) in [5, 5.41) is -0.473. The van der Waals surface area contributed by atoms with Gasteiger partial charge in [-0.15, -0.1) is 0 Å². The molecular weight excluding hydrogens is 338 g/mol. The van der Waals surface area contributed by atoms with Gasteiger partial charge in [0.05, 0.1) is 0 Å². The van der Waals surface area contributed by atoms with Gasteiger partial charge in [-0.2, -0.15) is 4.31 Å². The molecule has 0 aliphatic heterocycles. The maximum Gasteiger partial charge on any atom is 0.262 e. The fourth-order valence-electron chi connectivity index (χ4n) is 2.70. The quantitative estimate of drug-likeness (QED) is 0.876. The average Bonchev–Trinajstić information content (AvgIpc) is 2.34. The van der Waals surface area contributed by atoms with Crippen LogP contribution in [0.3, 0.4) is 0 Å². The van der Waals surface area contributed by atoms with E-state index in [-0.39, 0.29) is 4.90 Å². The van der Waals surface area contributed by atoms with E-state index < -0.39 is 36.2 Å². The number of nitrogens with one attached hydrogen (secondary N) is 1. The second kappa shape index (κ2) is 6.12. The predicted molar refractivity (Wildman–Crippen MR) is 89.0 cm³/mol. The van der Waals surface area contributed by atoms with Crippen LogP contribution in [0.4, 0.5) is 0 Å². The summed E-state index contributed by atoms with van der Waals surface area (Å²) in [6, 6.07) is 2.62. The zero-order valence-corrected chi connectivity index (χ0v) is 16.2. The second-order valence-corrected chi connectivity index (χ2v) is 10.7. The molecule has 1 aromatic heterocycles. The summed E-state index contributed by atoms with van der Waals surface area (Å²) in [4.78, 5) is 3.50. The molecule has 23 heavy (non-hydrogen) atoms. The van der Waals surface area contributed by atoms with Crippen LogP contribution >= 0.6 is 0 Å². The molecule has 0 atom stereocenters. The second-order valence-electron chi connectivity index (χ2n) is 7.13. The standard InChI is InChI=1S/C14H25N3O4S2/c1-13(2,3)17(14(4,5)6)23(20,21)12-11(9-8-10-16-12)22(18,19)15-7/h8-10,15H,1-7H3. The minimum absolute atomic E-state index is 0.360. The number of hydrogen-bond donors (Lipinski definition) is 1. The summed E-state index contributed by atoms with van der Waals surface area (Å²) >= 11 is 0. The zero-order chi connectivity index (χ0) is 18.3. The molecule has 0 spiro atoms. The van der Waals surface area contributed by atoms with Crippen LogP contribution in [0, 0.1) is 0 Å². The molecule has 1 N–H and O–H groups in total. The van der Waals surface area contributed by atoms with Crippen molar-refractivity contribution in [2.45, 2.75) is 62.5 Å². The Morgan fingerprint density at radius 2 is 1.48 bits per heavy atom. The van der Waals surface area contributed by atoms with Gasteiger partial charge in [-0.05, 0) is 60.7 Å². The molecule has 0 bridgehead atoms. The molecule has 132 valence electrons.